The van der Waals surface area contributed by atoms with E-state index in [2.05, 4.69) is 59.6 Å². The Bertz CT molecular complexity index is 417. The number of anilines is 1. The van der Waals surface area contributed by atoms with Gasteiger partial charge in [-0.1, -0.05) is 27.7 Å². The molecule has 1 heterocycles. The zero-order chi connectivity index (χ0) is 14.0. The summed E-state index contributed by atoms with van der Waals surface area (Å²) in [6, 6.07) is 2.05. The Morgan fingerprint density at radius 2 is 1.74 bits per heavy atom. The predicted molar refractivity (Wildman–Crippen MR) is 83.6 cm³/mol. The molecule has 106 valence electrons. The van der Waals surface area contributed by atoms with Crippen LogP contribution in [-0.4, -0.2) is 23.1 Å². The van der Waals surface area contributed by atoms with Crippen molar-refractivity contribution >= 4 is 21.7 Å². The van der Waals surface area contributed by atoms with Crippen molar-refractivity contribution in [1.82, 2.24) is 9.97 Å². The van der Waals surface area contributed by atoms with Crippen LogP contribution in [-0.2, 0) is 0 Å². The number of nitrogens with zero attached hydrogens (tertiary/aromatic N) is 3. The van der Waals surface area contributed by atoms with Crippen molar-refractivity contribution in [1.29, 1.82) is 0 Å². The van der Waals surface area contributed by atoms with Gasteiger partial charge in [-0.05, 0) is 40.6 Å². The maximum atomic E-state index is 4.79. The van der Waals surface area contributed by atoms with E-state index in [4.69, 9.17) is 4.98 Å². The second-order valence-corrected chi connectivity index (χ2v) is 7.19. The lowest BCUT2D eigenvalue weighted by molar-refractivity contribution is 0.547. The van der Waals surface area contributed by atoms with Crippen molar-refractivity contribution in [3.8, 4) is 0 Å². The first-order valence-corrected chi connectivity index (χ1v) is 8.04. The highest BCUT2D eigenvalue weighted by molar-refractivity contribution is 9.10. The maximum Gasteiger partial charge on any atom is 0.135 e. The highest BCUT2D eigenvalue weighted by atomic mass is 79.9. The molecule has 1 aromatic heterocycles. The van der Waals surface area contributed by atoms with Crippen LogP contribution in [0.5, 0.6) is 0 Å². The van der Waals surface area contributed by atoms with Gasteiger partial charge in [-0.3, -0.25) is 0 Å². The minimum absolute atomic E-state index is 0.594. The number of aromatic nitrogens is 2. The number of hydrogen-bond donors (Lipinski definition) is 0. The zero-order valence-electron chi connectivity index (χ0n) is 12.4. The molecule has 0 aromatic carbocycles. The fraction of sp³-hybridized carbons (Fsp3) is 0.733. The molecule has 0 unspecified atom stereocenters. The lowest BCUT2D eigenvalue weighted by atomic mass is 10.1. The van der Waals surface area contributed by atoms with Crippen molar-refractivity contribution < 1.29 is 0 Å². The van der Waals surface area contributed by atoms with Gasteiger partial charge in [0.2, 0.25) is 0 Å². The Morgan fingerprint density at radius 1 is 1.16 bits per heavy atom. The highest BCUT2D eigenvalue weighted by Crippen LogP contribution is 2.39. The van der Waals surface area contributed by atoms with E-state index in [1.54, 1.807) is 0 Å². The quantitative estimate of drug-likeness (QED) is 0.733. The summed E-state index contributed by atoms with van der Waals surface area (Å²) in [6.07, 6.45) is 2.48. The van der Waals surface area contributed by atoms with Gasteiger partial charge in [0.1, 0.15) is 16.2 Å². The van der Waals surface area contributed by atoms with Gasteiger partial charge >= 0.3 is 0 Å². The average molecular weight is 326 g/mol. The van der Waals surface area contributed by atoms with Gasteiger partial charge in [0, 0.05) is 25.1 Å². The van der Waals surface area contributed by atoms with E-state index in [1.165, 1.54) is 12.8 Å². The van der Waals surface area contributed by atoms with Crippen LogP contribution in [0.3, 0.4) is 0 Å². The summed E-state index contributed by atoms with van der Waals surface area (Å²) in [7, 11) is 0. The Hall–Kier alpha value is -0.640. The summed E-state index contributed by atoms with van der Waals surface area (Å²) < 4.78 is 0.914. The summed E-state index contributed by atoms with van der Waals surface area (Å²) in [4.78, 5) is 11.7. The normalized spacial score (nSPS) is 15.3. The molecule has 0 saturated heterocycles. The lowest BCUT2D eigenvalue weighted by Gasteiger charge is -2.27. The molecule has 0 amide bonds. The summed E-state index contributed by atoms with van der Waals surface area (Å²) in [5.74, 6) is 3.96. The molecule has 2 rings (SSSR count). The zero-order valence-corrected chi connectivity index (χ0v) is 13.9. The molecule has 1 aliphatic rings. The Balaban J connectivity index is 2.23. The second kappa shape index (κ2) is 6.21. The van der Waals surface area contributed by atoms with Gasteiger partial charge < -0.3 is 4.90 Å². The van der Waals surface area contributed by atoms with E-state index < -0.39 is 0 Å². The highest BCUT2D eigenvalue weighted by Gasteiger charge is 2.28. The molecular weight excluding hydrogens is 302 g/mol. The third kappa shape index (κ3) is 4.44. The molecule has 0 atom stereocenters. The van der Waals surface area contributed by atoms with E-state index >= 15 is 0 Å². The smallest absolute Gasteiger partial charge is 0.135 e. The van der Waals surface area contributed by atoms with E-state index in [-0.39, 0.29) is 0 Å². The Kier molecular flexibility index (Phi) is 4.82. The molecule has 1 aromatic rings. The minimum atomic E-state index is 0.594. The third-order valence-electron chi connectivity index (χ3n) is 3.14. The monoisotopic (exact) mass is 325 g/mol. The molecule has 0 aliphatic heterocycles. The van der Waals surface area contributed by atoms with E-state index in [0.29, 0.717) is 17.8 Å². The molecule has 0 bridgehead atoms. The first kappa shape index (κ1) is 14.8. The first-order chi connectivity index (χ1) is 8.95. The van der Waals surface area contributed by atoms with Crippen molar-refractivity contribution in [2.75, 3.05) is 18.0 Å². The van der Waals surface area contributed by atoms with E-state index in [9.17, 15) is 0 Å². The van der Waals surface area contributed by atoms with E-state index in [0.717, 1.165) is 29.3 Å². The van der Waals surface area contributed by atoms with Gasteiger partial charge in [0.05, 0.1) is 0 Å². The fourth-order valence-corrected chi connectivity index (χ4v) is 2.64. The van der Waals surface area contributed by atoms with Crippen molar-refractivity contribution in [3.05, 3.63) is 16.5 Å². The van der Waals surface area contributed by atoms with Gasteiger partial charge in [0.25, 0.3) is 0 Å². The van der Waals surface area contributed by atoms with Crippen LogP contribution in [0, 0.1) is 11.8 Å². The molecule has 1 fully saturated rings. The maximum absolute atomic E-state index is 4.79. The van der Waals surface area contributed by atoms with Gasteiger partial charge in [-0.2, -0.15) is 0 Å². The topological polar surface area (TPSA) is 29.0 Å². The van der Waals surface area contributed by atoms with Crippen molar-refractivity contribution in [2.24, 2.45) is 11.8 Å². The molecular formula is C15H24BrN3. The average Bonchev–Trinajstić information content (AvgIpc) is 3.09. The standard InChI is InChI=1S/C15H24BrN3/c1-10(2)8-19(9-11(3)4)14-7-13(16)17-15(18-14)12-5-6-12/h7,10-12H,5-6,8-9H2,1-4H3. The summed E-state index contributed by atoms with van der Waals surface area (Å²) in [5, 5.41) is 0. The number of rotatable bonds is 6. The second-order valence-electron chi connectivity index (χ2n) is 6.37. The molecule has 1 aliphatic carbocycles. The first-order valence-electron chi connectivity index (χ1n) is 7.25. The Morgan fingerprint density at radius 3 is 2.21 bits per heavy atom. The van der Waals surface area contributed by atoms with Gasteiger partial charge in [0.15, 0.2) is 0 Å². The van der Waals surface area contributed by atoms with Crippen LogP contribution in [0.15, 0.2) is 10.7 Å². The molecule has 0 radical (unpaired) electrons. The van der Waals surface area contributed by atoms with Crippen LogP contribution in [0.4, 0.5) is 5.82 Å². The van der Waals surface area contributed by atoms with E-state index in [1.807, 2.05) is 0 Å². The van der Waals surface area contributed by atoms with Crippen molar-refractivity contribution in [3.63, 3.8) is 0 Å². The molecule has 0 N–H and O–H groups in total. The molecule has 1 saturated carbocycles. The largest absolute Gasteiger partial charge is 0.356 e. The van der Waals surface area contributed by atoms with Crippen LogP contribution >= 0.6 is 15.9 Å². The minimum Gasteiger partial charge on any atom is -0.356 e. The molecule has 4 heteroatoms. The molecule has 19 heavy (non-hydrogen) atoms. The lowest BCUT2D eigenvalue weighted by Crippen LogP contribution is -2.32. The third-order valence-corrected chi connectivity index (χ3v) is 3.54. The predicted octanol–water partition coefficient (Wildman–Crippen LogP) is 4.23. The summed E-state index contributed by atoms with van der Waals surface area (Å²) in [6.45, 7) is 11.1. The van der Waals surface area contributed by atoms with Gasteiger partial charge in [-0.15, -0.1) is 0 Å². The Labute approximate surface area is 125 Å². The number of hydrogen-bond acceptors (Lipinski definition) is 3. The van der Waals surface area contributed by atoms with Crippen molar-refractivity contribution in [2.45, 2.75) is 46.5 Å². The van der Waals surface area contributed by atoms with Crippen LogP contribution in [0.25, 0.3) is 0 Å². The molecule has 3 nitrogen and oxygen atoms in total. The number of halogens is 1. The summed E-state index contributed by atoms with van der Waals surface area (Å²) >= 11 is 3.53. The molecule has 0 spiro atoms. The SMILES string of the molecule is CC(C)CN(CC(C)C)c1cc(Br)nc(C2CC2)n1. The fourth-order valence-electron chi connectivity index (χ4n) is 2.25. The summed E-state index contributed by atoms with van der Waals surface area (Å²) in [5.41, 5.74) is 0. The van der Waals surface area contributed by atoms with Crippen LogP contribution in [0.2, 0.25) is 0 Å². The van der Waals surface area contributed by atoms with Crippen LogP contribution in [0.1, 0.15) is 52.3 Å². The van der Waals surface area contributed by atoms with Crippen LogP contribution < -0.4 is 4.90 Å². The van der Waals surface area contributed by atoms with Gasteiger partial charge in [-0.25, -0.2) is 9.97 Å².